The van der Waals surface area contributed by atoms with Gasteiger partial charge in [-0.1, -0.05) is 13.3 Å². The summed E-state index contributed by atoms with van der Waals surface area (Å²) in [6.07, 6.45) is 4.02. The fraction of sp³-hybridized carbons (Fsp3) is 1.00. The van der Waals surface area contributed by atoms with Crippen molar-refractivity contribution < 1.29 is 0 Å². The smallest absolute Gasteiger partial charge is 0.0236 e. The van der Waals surface area contributed by atoms with Crippen molar-refractivity contribution in [3.63, 3.8) is 0 Å². The number of rotatable bonds is 3. The Morgan fingerprint density at radius 3 is 2.79 bits per heavy atom. The molecule has 2 atom stereocenters. The van der Waals surface area contributed by atoms with Crippen molar-refractivity contribution in [2.24, 2.45) is 5.92 Å². The molecule has 0 bridgehead atoms. The molecule has 0 aromatic carbocycles. The Kier molecular flexibility index (Phi) is 2.85. The van der Waals surface area contributed by atoms with E-state index in [0.29, 0.717) is 5.54 Å². The standard InChI is InChI=1S/C12H24N2/c1-4-6-12(2,3)14-8-10-5-7-13-11(10)9-14/h10-11,13H,4-9H2,1-3H3. The highest BCUT2D eigenvalue weighted by Crippen LogP contribution is 2.31. The van der Waals surface area contributed by atoms with Crippen molar-refractivity contribution in [3.05, 3.63) is 0 Å². The maximum absolute atomic E-state index is 3.62. The molecule has 2 rings (SSSR count). The number of nitrogens with zero attached hydrogens (tertiary/aromatic N) is 1. The number of hydrogen-bond donors (Lipinski definition) is 1. The molecule has 2 saturated heterocycles. The highest BCUT2D eigenvalue weighted by molar-refractivity contribution is 4.98. The second-order valence-corrected chi connectivity index (χ2v) is 5.58. The van der Waals surface area contributed by atoms with Crippen LogP contribution < -0.4 is 5.32 Å². The van der Waals surface area contributed by atoms with E-state index in [1.807, 2.05) is 0 Å². The van der Waals surface area contributed by atoms with Gasteiger partial charge in [0.1, 0.15) is 0 Å². The molecule has 2 nitrogen and oxygen atoms in total. The van der Waals surface area contributed by atoms with E-state index in [9.17, 15) is 0 Å². The van der Waals surface area contributed by atoms with Gasteiger partial charge in [-0.05, 0) is 39.2 Å². The second-order valence-electron chi connectivity index (χ2n) is 5.58. The normalized spacial score (nSPS) is 33.6. The van der Waals surface area contributed by atoms with Gasteiger partial charge in [-0.3, -0.25) is 4.90 Å². The Bertz CT molecular complexity index is 188. The fourth-order valence-electron chi connectivity index (χ4n) is 3.11. The predicted octanol–water partition coefficient (Wildman–Crippen LogP) is 1.86. The first-order valence-electron chi connectivity index (χ1n) is 6.12. The van der Waals surface area contributed by atoms with Crippen LogP contribution in [0.4, 0.5) is 0 Å². The van der Waals surface area contributed by atoms with E-state index in [4.69, 9.17) is 0 Å². The zero-order valence-corrected chi connectivity index (χ0v) is 9.84. The maximum atomic E-state index is 3.62. The van der Waals surface area contributed by atoms with Crippen molar-refractivity contribution in [2.45, 2.75) is 51.6 Å². The predicted molar refractivity (Wildman–Crippen MR) is 60.5 cm³/mol. The molecule has 2 aliphatic heterocycles. The third-order valence-corrected chi connectivity index (χ3v) is 4.08. The lowest BCUT2D eigenvalue weighted by Crippen LogP contribution is -2.44. The Labute approximate surface area is 88.1 Å². The Morgan fingerprint density at radius 1 is 1.36 bits per heavy atom. The molecule has 2 fully saturated rings. The highest BCUT2D eigenvalue weighted by Gasteiger charge is 2.40. The molecule has 2 heteroatoms. The van der Waals surface area contributed by atoms with E-state index < -0.39 is 0 Å². The molecule has 2 aliphatic rings. The summed E-state index contributed by atoms with van der Waals surface area (Å²) in [4.78, 5) is 2.69. The summed E-state index contributed by atoms with van der Waals surface area (Å²) in [5.41, 5.74) is 0.417. The molecule has 0 saturated carbocycles. The van der Waals surface area contributed by atoms with E-state index >= 15 is 0 Å². The van der Waals surface area contributed by atoms with Crippen LogP contribution in [0.15, 0.2) is 0 Å². The van der Waals surface area contributed by atoms with Gasteiger partial charge in [0.25, 0.3) is 0 Å². The monoisotopic (exact) mass is 196 g/mol. The first kappa shape index (κ1) is 10.4. The SMILES string of the molecule is CCCC(C)(C)N1CC2CCNC2C1. The minimum absolute atomic E-state index is 0.417. The van der Waals surface area contributed by atoms with Crippen LogP contribution in [-0.4, -0.2) is 36.1 Å². The number of nitrogens with one attached hydrogen (secondary N) is 1. The first-order valence-corrected chi connectivity index (χ1v) is 6.12. The Morgan fingerprint density at radius 2 is 2.14 bits per heavy atom. The van der Waals surface area contributed by atoms with Gasteiger partial charge in [0.2, 0.25) is 0 Å². The summed E-state index contributed by atoms with van der Waals surface area (Å²) < 4.78 is 0. The van der Waals surface area contributed by atoms with E-state index in [1.54, 1.807) is 0 Å². The van der Waals surface area contributed by atoms with Crippen molar-refractivity contribution in [2.75, 3.05) is 19.6 Å². The summed E-state index contributed by atoms with van der Waals surface area (Å²) in [6, 6.07) is 0.797. The lowest BCUT2D eigenvalue weighted by molar-refractivity contribution is 0.133. The van der Waals surface area contributed by atoms with Gasteiger partial charge >= 0.3 is 0 Å². The minimum Gasteiger partial charge on any atom is -0.312 e. The van der Waals surface area contributed by atoms with Crippen molar-refractivity contribution in [3.8, 4) is 0 Å². The van der Waals surface area contributed by atoms with Gasteiger partial charge in [0, 0.05) is 24.7 Å². The molecule has 2 heterocycles. The van der Waals surface area contributed by atoms with Crippen molar-refractivity contribution >= 4 is 0 Å². The molecule has 0 radical (unpaired) electrons. The number of likely N-dealkylation sites (tertiary alicyclic amines) is 1. The lowest BCUT2D eigenvalue weighted by atomic mass is 9.97. The van der Waals surface area contributed by atoms with Crippen molar-refractivity contribution in [1.29, 1.82) is 0 Å². The average molecular weight is 196 g/mol. The van der Waals surface area contributed by atoms with Crippen LogP contribution in [0.25, 0.3) is 0 Å². The summed E-state index contributed by atoms with van der Waals surface area (Å²) in [5, 5.41) is 3.62. The Balaban J connectivity index is 1.94. The van der Waals surface area contributed by atoms with E-state index in [1.165, 1.54) is 38.9 Å². The zero-order chi connectivity index (χ0) is 10.2. The molecular weight excluding hydrogens is 172 g/mol. The van der Waals surface area contributed by atoms with Gasteiger partial charge in [-0.15, -0.1) is 0 Å². The Hall–Kier alpha value is -0.0800. The minimum atomic E-state index is 0.417. The van der Waals surface area contributed by atoms with E-state index in [-0.39, 0.29) is 0 Å². The molecule has 1 N–H and O–H groups in total. The highest BCUT2D eigenvalue weighted by atomic mass is 15.3. The largest absolute Gasteiger partial charge is 0.312 e. The molecule has 0 aromatic heterocycles. The van der Waals surface area contributed by atoms with Crippen LogP contribution in [0.5, 0.6) is 0 Å². The molecule has 82 valence electrons. The lowest BCUT2D eigenvalue weighted by Gasteiger charge is -2.36. The van der Waals surface area contributed by atoms with Gasteiger partial charge in [0.05, 0.1) is 0 Å². The maximum Gasteiger partial charge on any atom is 0.0236 e. The second kappa shape index (κ2) is 3.82. The van der Waals surface area contributed by atoms with Crippen LogP contribution in [0.3, 0.4) is 0 Å². The molecule has 14 heavy (non-hydrogen) atoms. The fourth-order valence-corrected chi connectivity index (χ4v) is 3.11. The number of fused-ring (bicyclic) bond motifs is 1. The van der Waals surface area contributed by atoms with E-state index in [2.05, 4.69) is 31.0 Å². The van der Waals surface area contributed by atoms with Crippen LogP contribution in [0, 0.1) is 5.92 Å². The topological polar surface area (TPSA) is 15.3 Å². The summed E-state index contributed by atoms with van der Waals surface area (Å²) in [7, 11) is 0. The first-order chi connectivity index (χ1) is 6.63. The molecule has 0 spiro atoms. The average Bonchev–Trinajstić information content (AvgIpc) is 2.60. The quantitative estimate of drug-likeness (QED) is 0.741. The molecule has 0 aromatic rings. The molecular formula is C12H24N2. The molecule has 0 aliphatic carbocycles. The van der Waals surface area contributed by atoms with Crippen LogP contribution in [0.2, 0.25) is 0 Å². The summed E-state index contributed by atoms with van der Waals surface area (Å²) >= 11 is 0. The molecule has 2 unspecified atom stereocenters. The van der Waals surface area contributed by atoms with Gasteiger partial charge in [-0.2, -0.15) is 0 Å². The zero-order valence-electron chi connectivity index (χ0n) is 9.84. The third kappa shape index (κ3) is 1.82. The van der Waals surface area contributed by atoms with E-state index in [0.717, 1.165) is 12.0 Å². The van der Waals surface area contributed by atoms with Crippen LogP contribution in [0.1, 0.15) is 40.0 Å². The summed E-state index contributed by atoms with van der Waals surface area (Å²) in [5.74, 6) is 0.936. The molecule has 0 amide bonds. The van der Waals surface area contributed by atoms with Crippen LogP contribution in [-0.2, 0) is 0 Å². The van der Waals surface area contributed by atoms with Crippen LogP contribution >= 0.6 is 0 Å². The number of hydrogen-bond acceptors (Lipinski definition) is 2. The van der Waals surface area contributed by atoms with Gasteiger partial charge < -0.3 is 5.32 Å². The van der Waals surface area contributed by atoms with Gasteiger partial charge in [0.15, 0.2) is 0 Å². The van der Waals surface area contributed by atoms with Crippen molar-refractivity contribution in [1.82, 2.24) is 10.2 Å². The van der Waals surface area contributed by atoms with Gasteiger partial charge in [-0.25, -0.2) is 0 Å². The third-order valence-electron chi connectivity index (χ3n) is 4.08. The summed E-state index contributed by atoms with van der Waals surface area (Å²) in [6.45, 7) is 10.9.